The number of carbonyl (C=O) groups excluding carboxylic acids is 1. The summed E-state index contributed by atoms with van der Waals surface area (Å²) in [5.41, 5.74) is 1.82. The van der Waals surface area contributed by atoms with Gasteiger partial charge >= 0.3 is 0 Å². The fraction of sp³-hybridized carbons (Fsp3) is 0.333. The minimum absolute atomic E-state index is 0.111. The Morgan fingerprint density at radius 2 is 2.04 bits per heavy atom. The molecule has 9 heteroatoms. The summed E-state index contributed by atoms with van der Waals surface area (Å²) in [7, 11) is -3.59. The summed E-state index contributed by atoms with van der Waals surface area (Å²) < 4.78 is 23.5. The van der Waals surface area contributed by atoms with Crippen molar-refractivity contribution in [2.75, 3.05) is 17.2 Å². The molecule has 1 aliphatic heterocycles. The van der Waals surface area contributed by atoms with Crippen LogP contribution in [0.25, 0.3) is 11.3 Å². The molecule has 2 heterocycles. The van der Waals surface area contributed by atoms with E-state index in [2.05, 4.69) is 20.9 Å². The van der Waals surface area contributed by atoms with Crippen LogP contribution in [0.5, 0.6) is 0 Å². The number of hydrogen-bond donors (Lipinski definition) is 1. The maximum atomic E-state index is 12.2. The standard InChI is InChI=1S/C15H16BrN3O3S2/c1-9-14(11-2-4-12(16)5-3-11)18-15(23-9)19-7-10(6-13(19)20)8-24(17,21)22/h2-5,10H,6-8H2,1H3,(H2,17,21,22). The number of carbonyl (C=O) groups is 1. The van der Waals surface area contributed by atoms with Gasteiger partial charge in [0.05, 0.1) is 11.4 Å². The second-order valence-corrected chi connectivity index (χ2v) is 9.57. The Morgan fingerprint density at radius 1 is 1.38 bits per heavy atom. The van der Waals surface area contributed by atoms with Gasteiger partial charge in [0, 0.05) is 33.8 Å². The fourth-order valence-corrected chi connectivity index (χ4v) is 4.88. The van der Waals surface area contributed by atoms with Crippen molar-refractivity contribution in [3.8, 4) is 11.3 Å². The monoisotopic (exact) mass is 429 g/mol. The van der Waals surface area contributed by atoms with Crippen LogP contribution in [-0.2, 0) is 14.8 Å². The van der Waals surface area contributed by atoms with E-state index in [1.54, 1.807) is 4.90 Å². The highest BCUT2D eigenvalue weighted by atomic mass is 79.9. The summed E-state index contributed by atoms with van der Waals surface area (Å²) in [6, 6.07) is 7.81. The Kier molecular flexibility index (Phi) is 4.78. The number of sulfonamides is 1. The van der Waals surface area contributed by atoms with Gasteiger partial charge < -0.3 is 0 Å². The highest BCUT2D eigenvalue weighted by molar-refractivity contribution is 9.10. The van der Waals surface area contributed by atoms with Crippen LogP contribution in [0.1, 0.15) is 11.3 Å². The van der Waals surface area contributed by atoms with Crippen molar-refractivity contribution < 1.29 is 13.2 Å². The maximum absolute atomic E-state index is 12.2. The number of nitrogens with zero attached hydrogens (tertiary/aromatic N) is 2. The number of nitrogens with two attached hydrogens (primary N) is 1. The Labute approximate surface area is 152 Å². The lowest BCUT2D eigenvalue weighted by atomic mass is 10.1. The first-order valence-electron chi connectivity index (χ1n) is 7.27. The number of halogens is 1. The SMILES string of the molecule is Cc1sc(N2CC(CS(N)(=O)=O)CC2=O)nc1-c1ccc(Br)cc1. The van der Waals surface area contributed by atoms with Crippen LogP contribution in [0.15, 0.2) is 28.7 Å². The highest BCUT2D eigenvalue weighted by Gasteiger charge is 2.34. The number of primary sulfonamides is 1. The third-order valence-electron chi connectivity index (χ3n) is 3.81. The van der Waals surface area contributed by atoms with Crippen molar-refractivity contribution in [1.82, 2.24) is 4.98 Å². The van der Waals surface area contributed by atoms with E-state index in [9.17, 15) is 13.2 Å². The molecule has 1 fully saturated rings. The van der Waals surface area contributed by atoms with Crippen LogP contribution in [-0.4, -0.2) is 31.6 Å². The summed E-state index contributed by atoms with van der Waals surface area (Å²) in [4.78, 5) is 19.4. The topological polar surface area (TPSA) is 93.4 Å². The van der Waals surface area contributed by atoms with Gasteiger partial charge in [-0.15, -0.1) is 11.3 Å². The van der Waals surface area contributed by atoms with Gasteiger partial charge in [-0.1, -0.05) is 28.1 Å². The van der Waals surface area contributed by atoms with Crippen LogP contribution in [0.3, 0.4) is 0 Å². The molecule has 1 saturated heterocycles. The van der Waals surface area contributed by atoms with Gasteiger partial charge in [0.15, 0.2) is 5.13 Å². The lowest BCUT2D eigenvalue weighted by Gasteiger charge is -2.12. The summed E-state index contributed by atoms with van der Waals surface area (Å²) >= 11 is 4.84. The second-order valence-electron chi connectivity index (χ2n) is 5.81. The molecule has 0 aliphatic carbocycles. The smallest absolute Gasteiger partial charge is 0.229 e. The molecule has 1 atom stereocenters. The van der Waals surface area contributed by atoms with Crippen molar-refractivity contribution >= 4 is 48.3 Å². The van der Waals surface area contributed by atoms with Crippen LogP contribution in [0.2, 0.25) is 0 Å². The quantitative estimate of drug-likeness (QED) is 0.807. The number of amides is 1. The molecule has 0 radical (unpaired) electrons. The van der Waals surface area contributed by atoms with E-state index in [0.29, 0.717) is 11.7 Å². The Bertz CT molecular complexity index is 878. The van der Waals surface area contributed by atoms with E-state index in [1.165, 1.54) is 11.3 Å². The molecule has 2 N–H and O–H groups in total. The molecule has 0 saturated carbocycles. The molecule has 3 rings (SSSR count). The highest BCUT2D eigenvalue weighted by Crippen LogP contribution is 2.35. The van der Waals surface area contributed by atoms with Crippen molar-refractivity contribution in [3.05, 3.63) is 33.6 Å². The van der Waals surface area contributed by atoms with Crippen molar-refractivity contribution in [3.63, 3.8) is 0 Å². The number of aromatic nitrogens is 1. The average Bonchev–Trinajstić information content (AvgIpc) is 3.01. The minimum atomic E-state index is -3.59. The van der Waals surface area contributed by atoms with Gasteiger partial charge in [-0.05, 0) is 19.1 Å². The van der Waals surface area contributed by atoms with Crippen LogP contribution in [0, 0.1) is 12.8 Å². The van der Waals surface area contributed by atoms with Crippen LogP contribution < -0.4 is 10.0 Å². The first kappa shape index (κ1) is 17.5. The molecular formula is C15H16BrN3O3S2. The van der Waals surface area contributed by atoms with Gasteiger partial charge in [0.2, 0.25) is 15.9 Å². The largest absolute Gasteiger partial charge is 0.288 e. The Hall–Kier alpha value is -1.29. The van der Waals surface area contributed by atoms with Crippen molar-refractivity contribution in [2.24, 2.45) is 11.1 Å². The number of anilines is 1. The molecule has 1 amide bonds. The predicted octanol–water partition coefficient (Wildman–Crippen LogP) is 2.52. The first-order valence-corrected chi connectivity index (χ1v) is 10.6. The van der Waals surface area contributed by atoms with Crippen molar-refractivity contribution in [2.45, 2.75) is 13.3 Å². The van der Waals surface area contributed by atoms with Crippen molar-refractivity contribution in [1.29, 1.82) is 0 Å². The zero-order valence-corrected chi connectivity index (χ0v) is 16.1. The van der Waals surface area contributed by atoms with Gasteiger partial charge in [-0.2, -0.15) is 0 Å². The zero-order chi connectivity index (χ0) is 17.5. The van der Waals surface area contributed by atoms with E-state index in [4.69, 9.17) is 5.14 Å². The number of hydrogen-bond acceptors (Lipinski definition) is 5. The Morgan fingerprint density at radius 3 is 2.67 bits per heavy atom. The first-order chi connectivity index (χ1) is 11.2. The summed E-state index contributed by atoms with van der Waals surface area (Å²) in [5.74, 6) is -0.577. The molecule has 1 aliphatic rings. The van der Waals surface area contributed by atoms with Gasteiger partial charge in [0.25, 0.3) is 0 Å². The third-order valence-corrected chi connectivity index (χ3v) is 6.27. The van der Waals surface area contributed by atoms with Crippen LogP contribution >= 0.6 is 27.3 Å². The molecule has 2 aromatic rings. The minimum Gasteiger partial charge on any atom is -0.288 e. The van der Waals surface area contributed by atoms with E-state index in [-0.39, 0.29) is 24.0 Å². The lowest BCUT2D eigenvalue weighted by Crippen LogP contribution is -2.27. The summed E-state index contributed by atoms with van der Waals surface area (Å²) in [6.45, 7) is 2.29. The molecule has 24 heavy (non-hydrogen) atoms. The van der Waals surface area contributed by atoms with E-state index in [1.807, 2.05) is 31.2 Å². The Balaban J connectivity index is 1.84. The predicted molar refractivity (Wildman–Crippen MR) is 98.4 cm³/mol. The average molecular weight is 430 g/mol. The van der Waals surface area contributed by atoms with Gasteiger partial charge in [0.1, 0.15) is 0 Å². The number of benzene rings is 1. The number of aryl methyl sites for hydroxylation is 1. The maximum Gasteiger partial charge on any atom is 0.229 e. The van der Waals surface area contributed by atoms with Crippen LogP contribution in [0.4, 0.5) is 5.13 Å². The fourth-order valence-electron chi connectivity index (χ4n) is 2.78. The molecule has 128 valence electrons. The van der Waals surface area contributed by atoms with E-state index < -0.39 is 10.0 Å². The molecule has 1 aromatic heterocycles. The normalized spacial score (nSPS) is 18.4. The third kappa shape index (κ3) is 3.85. The molecule has 0 bridgehead atoms. The number of thiazole rings is 1. The van der Waals surface area contributed by atoms with Gasteiger partial charge in [-0.3, -0.25) is 9.69 Å². The molecule has 1 unspecified atom stereocenters. The molecule has 0 spiro atoms. The summed E-state index contributed by atoms with van der Waals surface area (Å²) in [5, 5.41) is 5.69. The lowest BCUT2D eigenvalue weighted by molar-refractivity contribution is -0.117. The zero-order valence-electron chi connectivity index (χ0n) is 12.9. The molecule has 6 nitrogen and oxygen atoms in total. The molecule has 1 aromatic carbocycles. The summed E-state index contributed by atoms with van der Waals surface area (Å²) in [6.07, 6.45) is 0.183. The second kappa shape index (κ2) is 6.55. The van der Waals surface area contributed by atoms with E-state index in [0.717, 1.165) is 20.6 Å². The molecular weight excluding hydrogens is 414 g/mol. The van der Waals surface area contributed by atoms with E-state index >= 15 is 0 Å². The van der Waals surface area contributed by atoms with Gasteiger partial charge in [-0.25, -0.2) is 18.5 Å². The number of rotatable bonds is 4.